The van der Waals surface area contributed by atoms with Gasteiger partial charge < -0.3 is 9.47 Å². The normalized spacial score (nSPS) is 10.7. The van der Waals surface area contributed by atoms with Crippen LogP contribution in [0.25, 0.3) is 0 Å². The van der Waals surface area contributed by atoms with E-state index in [1.165, 1.54) is 55.6 Å². The molecule has 0 saturated heterocycles. The van der Waals surface area contributed by atoms with Crippen molar-refractivity contribution in [2.75, 3.05) is 23.8 Å². The third kappa shape index (κ3) is 4.96. The molecule has 0 fully saturated rings. The quantitative estimate of drug-likeness (QED) is 0.748. The highest BCUT2D eigenvalue weighted by atomic mass is 32.2. The van der Waals surface area contributed by atoms with Gasteiger partial charge in [-0.05, 0) is 55.5 Å². The first kappa shape index (κ1) is 19.3. The molecule has 8 nitrogen and oxygen atoms in total. The number of hydrogen-bond acceptors (Lipinski definition) is 6. The first-order valence-corrected chi connectivity index (χ1v) is 9.09. The second kappa shape index (κ2) is 8.34. The summed E-state index contributed by atoms with van der Waals surface area (Å²) in [6, 6.07) is 11.4. The Labute approximate surface area is 151 Å². The Morgan fingerprint density at radius 3 is 2.08 bits per heavy atom. The highest BCUT2D eigenvalue weighted by Gasteiger charge is 2.15. The molecule has 0 aliphatic rings. The Hall–Kier alpha value is -3.07. The number of nitrogens with one attached hydrogen (secondary N) is 2. The van der Waals surface area contributed by atoms with E-state index >= 15 is 0 Å². The van der Waals surface area contributed by atoms with Crippen molar-refractivity contribution < 1.29 is 27.5 Å². The number of anilines is 2. The lowest BCUT2D eigenvalue weighted by atomic mass is 10.2. The van der Waals surface area contributed by atoms with Gasteiger partial charge in [-0.1, -0.05) is 0 Å². The van der Waals surface area contributed by atoms with Gasteiger partial charge in [-0.2, -0.15) is 0 Å². The van der Waals surface area contributed by atoms with Crippen LogP contribution in [0.1, 0.15) is 17.3 Å². The van der Waals surface area contributed by atoms with Crippen molar-refractivity contribution in [3.63, 3.8) is 0 Å². The maximum Gasteiger partial charge on any atom is 0.411 e. The molecular weight excluding hydrogens is 360 g/mol. The topological polar surface area (TPSA) is 111 Å². The first-order valence-electron chi connectivity index (χ1n) is 7.60. The highest BCUT2D eigenvalue weighted by molar-refractivity contribution is 7.92. The van der Waals surface area contributed by atoms with E-state index in [4.69, 9.17) is 4.74 Å². The molecule has 2 N–H and O–H groups in total. The van der Waals surface area contributed by atoms with E-state index in [0.29, 0.717) is 16.9 Å². The zero-order valence-corrected chi connectivity index (χ0v) is 15.0. The van der Waals surface area contributed by atoms with Crippen molar-refractivity contribution in [3.05, 3.63) is 54.1 Å². The number of rotatable bonds is 6. The van der Waals surface area contributed by atoms with Crippen LogP contribution in [0, 0.1) is 0 Å². The summed E-state index contributed by atoms with van der Waals surface area (Å²) in [5, 5.41) is 2.47. The van der Waals surface area contributed by atoms with E-state index < -0.39 is 22.1 Å². The Kier molecular flexibility index (Phi) is 6.18. The molecule has 2 aromatic rings. The van der Waals surface area contributed by atoms with E-state index in [1.807, 2.05) is 0 Å². The monoisotopic (exact) mass is 378 g/mol. The Morgan fingerprint density at radius 1 is 0.962 bits per heavy atom. The van der Waals surface area contributed by atoms with Crippen LogP contribution in [0.4, 0.5) is 16.2 Å². The molecule has 0 aromatic heterocycles. The summed E-state index contributed by atoms with van der Waals surface area (Å²) in [7, 11) is -2.55. The zero-order chi connectivity index (χ0) is 19.2. The number of benzene rings is 2. The molecule has 0 bridgehead atoms. The molecule has 0 radical (unpaired) electrons. The van der Waals surface area contributed by atoms with Crippen LogP contribution in [0.2, 0.25) is 0 Å². The minimum atomic E-state index is -3.82. The van der Waals surface area contributed by atoms with E-state index in [9.17, 15) is 18.0 Å². The lowest BCUT2D eigenvalue weighted by Crippen LogP contribution is -2.15. The zero-order valence-electron chi connectivity index (χ0n) is 14.2. The average molecular weight is 378 g/mol. The number of ether oxygens (including phenoxy) is 2. The lowest BCUT2D eigenvalue weighted by Gasteiger charge is -2.10. The molecule has 0 heterocycles. The van der Waals surface area contributed by atoms with Gasteiger partial charge in [0.1, 0.15) is 0 Å². The van der Waals surface area contributed by atoms with Gasteiger partial charge >= 0.3 is 12.1 Å². The average Bonchev–Trinajstić information content (AvgIpc) is 2.62. The standard InChI is InChI=1S/C17H18N2O6S/c1-3-25-17(21)18-13-8-10-15(11-9-13)26(22,23)19-14-6-4-12(5-7-14)16(20)24-2/h4-11,19H,3H2,1-2H3,(H,18,21). The fourth-order valence-corrected chi connectivity index (χ4v) is 3.07. The van der Waals surface area contributed by atoms with E-state index in [0.717, 1.165) is 0 Å². The Balaban J connectivity index is 2.09. The van der Waals surface area contributed by atoms with Crippen molar-refractivity contribution >= 4 is 33.5 Å². The molecule has 9 heteroatoms. The van der Waals surface area contributed by atoms with E-state index in [2.05, 4.69) is 14.8 Å². The lowest BCUT2D eigenvalue weighted by molar-refractivity contribution is 0.0600. The van der Waals surface area contributed by atoms with Gasteiger partial charge in [0.2, 0.25) is 0 Å². The van der Waals surface area contributed by atoms with Gasteiger partial charge in [0.05, 0.1) is 24.2 Å². The molecule has 2 aromatic carbocycles. The number of esters is 1. The van der Waals surface area contributed by atoms with Gasteiger partial charge in [-0.3, -0.25) is 10.0 Å². The van der Waals surface area contributed by atoms with Crippen molar-refractivity contribution in [3.8, 4) is 0 Å². The van der Waals surface area contributed by atoms with Crippen molar-refractivity contribution in [1.82, 2.24) is 0 Å². The van der Waals surface area contributed by atoms with Gasteiger partial charge in [-0.15, -0.1) is 0 Å². The second-order valence-electron chi connectivity index (χ2n) is 5.04. The maximum atomic E-state index is 12.4. The Bertz CT molecular complexity index is 876. The molecular formula is C17H18N2O6S. The summed E-state index contributed by atoms with van der Waals surface area (Å²) in [6.07, 6.45) is -0.619. The number of carbonyl (C=O) groups excluding carboxylic acids is 2. The molecule has 2 rings (SSSR count). The van der Waals surface area contributed by atoms with Gasteiger partial charge in [0.25, 0.3) is 10.0 Å². The van der Waals surface area contributed by atoms with Crippen LogP contribution in [-0.4, -0.2) is 34.2 Å². The number of methoxy groups -OCH3 is 1. The molecule has 1 amide bonds. The van der Waals surface area contributed by atoms with E-state index in [1.54, 1.807) is 6.92 Å². The summed E-state index contributed by atoms with van der Waals surface area (Å²) in [5.74, 6) is -0.510. The van der Waals surface area contributed by atoms with E-state index in [-0.39, 0.29) is 11.5 Å². The van der Waals surface area contributed by atoms with Crippen molar-refractivity contribution in [2.24, 2.45) is 0 Å². The third-order valence-electron chi connectivity index (χ3n) is 3.24. The summed E-state index contributed by atoms with van der Waals surface area (Å²) in [6.45, 7) is 1.91. The summed E-state index contributed by atoms with van der Waals surface area (Å²) >= 11 is 0. The summed E-state index contributed by atoms with van der Waals surface area (Å²) in [5.41, 5.74) is 1.01. The molecule has 0 unspecified atom stereocenters. The van der Waals surface area contributed by atoms with Crippen LogP contribution in [0.5, 0.6) is 0 Å². The van der Waals surface area contributed by atoms with Crippen molar-refractivity contribution in [2.45, 2.75) is 11.8 Å². The van der Waals surface area contributed by atoms with Crippen LogP contribution in [0.15, 0.2) is 53.4 Å². The fraction of sp³-hybridized carbons (Fsp3) is 0.176. The molecule has 0 aliphatic carbocycles. The van der Waals surface area contributed by atoms with Crippen LogP contribution in [-0.2, 0) is 19.5 Å². The maximum absolute atomic E-state index is 12.4. The molecule has 0 spiro atoms. The number of carbonyl (C=O) groups is 2. The predicted octanol–water partition coefficient (Wildman–Crippen LogP) is 2.84. The smallest absolute Gasteiger partial charge is 0.411 e. The molecule has 0 atom stereocenters. The predicted molar refractivity (Wildman–Crippen MR) is 95.7 cm³/mol. The Morgan fingerprint density at radius 2 is 1.54 bits per heavy atom. The van der Waals surface area contributed by atoms with Gasteiger partial charge in [0.15, 0.2) is 0 Å². The van der Waals surface area contributed by atoms with Gasteiger partial charge in [-0.25, -0.2) is 18.0 Å². The molecule has 0 aliphatic heterocycles. The number of amides is 1. The van der Waals surface area contributed by atoms with Gasteiger partial charge in [0, 0.05) is 11.4 Å². The van der Waals surface area contributed by atoms with Crippen LogP contribution >= 0.6 is 0 Å². The third-order valence-corrected chi connectivity index (χ3v) is 4.64. The largest absolute Gasteiger partial charge is 0.465 e. The van der Waals surface area contributed by atoms with Crippen molar-refractivity contribution in [1.29, 1.82) is 0 Å². The minimum Gasteiger partial charge on any atom is -0.465 e. The SMILES string of the molecule is CCOC(=O)Nc1ccc(S(=O)(=O)Nc2ccc(C(=O)OC)cc2)cc1. The number of hydrogen-bond donors (Lipinski definition) is 2. The second-order valence-corrected chi connectivity index (χ2v) is 6.73. The molecule has 0 saturated carbocycles. The first-order chi connectivity index (χ1) is 12.4. The molecule has 138 valence electrons. The van der Waals surface area contributed by atoms with Crippen LogP contribution in [0.3, 0.4) is 0 Å². The summed E-state index contributed by atoms with van der Waals surface area (Å²) in [4.78, 5) is 22.7. The minimum absolute atomic E-state index is 0.0175. The van der Waals surface area contributed by atoms with Crippen LogP contribution < -0.4 is 10.0 Å². The number of sulfonamides is 1. The summed E-state index contributed by atoms with van der Waals surface area (Å²) < 4.78 is 36.5. The fourth-order valence-electron chi connectivity index (χ4n) is 2.01. The highest BCUT2D eigenvalue weighted by Crippen LogP contribution is 2.19. The molecule has 26 heavy (non-hydrogen) atoms.